The Hall–Kier alpha value is -4.45. The highest BCUT2D eigenvalue weighted by Crippen LogP contribution is 2.67. The summed E-state index contributed by atoms with van der Waals surface area (Å²) in [6.45, 7) is 7.31. The number of fused-ring (bicyclic) bond motifs is 3. The summed E-state index contributed by atoms with van der Waals surface area (Å²) in [5, 5.41) is 58.8. The number of hydrogen-bond donors (Lipinski definition) is 5. The molecular formula is C34H32O8. The second kappa shape index (κ2) is 9.28. The van der Waals surface area contributed by atoms with Crippen LogP contribution in [0.25, 0.3) is 11.6 Å². The van der Waals surface area contributed by atoms with Crippen molar-refractivity contribution >= 4 is 29.0 Å². The number of aliphatic hydroxyl groups is 4. The third kappa shape index (κ3) is 3.35. The number of ketones is 3. The first kappa shape index (κ1) is 29.1. The van der Waals surface area contributed by atoms with Gasteiger partial charge in [-0.1, -0.05) is 57.0 Å². The van der Waals surface area contributed by atoms with E-state index in [4.69, 9.17) is 6.42 Å². The van der Waals surface area contributed by atoms with Crippen LogP contribution in [0.3, 0.4) is 0 Å². The molecule has 0 heterocycles. The lowest BCUT2D eigenvalue weighted by Gasteiger charge is -2.62. The van der Waals surface area contributed by atoms with E-state index in [1.807, 2.05) is 0 Å². The van der Waals surface area contributed by atoms with E-state index in [0.717, 1.165) is 6.92 Å². The molecule has 8 heteroatoms. The van der Waals surface area contributed by atoms with Crippen LogP contribution >= 0.6 is 0 Å². The largest absolute Gasteiger partial charge is 0.511 e. The quantitative estimate of drug-likeness (QED) is 0.272. The number of rotatable bonds is 3. The molecule has 0 saturated heterocycles. The molecule has 2 aromatic carbocycles. The molecule has 8 nitrogen and oxygen atoms in total. The van der Waals surface area contributed by atoms with Gasteiger partial charge in [0.05, 0.1) is 22.7 Å². The number of aromatic hydroxyl groups is 1. The van der Waals surface area contributed by atoms with Crippen molar-refractivity contribution in [3.63, 3.8) is 0 Å². The average Bonchev–Trinajstić information content (AvgIpc) is 2.92. The average molecular weight is 569 g/mol. The first-order valence-corrected chi connectivity index (χ1v) is 13.6. The van der Waals surface area contributed by atoms with Gasteiger partial charge in [0.15, 0.2) is 17.2 Å². The van der Waals surface area contributed by atoms with E-state index in [-0.39, 0.29) is 11.1 Å². The lowest BCUT2D eigenvalue weighted by Crippen LogP contribution is -2.73. The minimum Gasteiger partial charge on any atom is -0.511 e. The summed E-state index contributed by atoms with van der Waals surface area (Å²) in [4.78, 5) is 40.6. The predicted molar refractivity (Wildman–Crippen MR) is 155 cm³/mol. The van der Waals surface area contributed by atoms with E-state index in [0.29, 0.717) is 16.7 Å². The minimum absolute atomic E-state index is 0.184. The molecule has 0 aromatic heterocycles. The molecule has 5 rings (SSSR count). The topological polar surface area (TPSA) is 152 Å². The van der Waals surface area contributed by atoms with Gasteiger partial charge in [-0.05, 0) is 54.7 Å². The van der Waals surface area contributed by atoms with Crippen LogP contribution in [0.4, 0.5) is 0 Å². The third-order valence-corrected chi connectivity index (χ3v) is 9.50. The zero-order valence-electron chi connectivity index (χ0n) is 23.9. The van der Waals surface area contributed by atoms with Gasteiger partial charge in [0, 0.05) is 16.9 Å². The normalized spacial score (nSPS) is 31.5. The number of terminal acetylenes is 1. The number of aliphatic hydroxyl groups excluding tert-OH is 3. The zero-order chi connectivity index (χ0) is 31.1. The zero-order valence-corrected chi connectivity index (χ0v) is 23.9. The molecule has 5 atom stereocenters. The molecule has 216 valence electrons. The van der Waals surface area contributed by atoms with E-state index in [1.165, 1.54) is 26.0 Å². The molecular weight excluding hydrogens is 536 g/mol. The molecule has 0 spiro atoms. The maximum atomic E-state index is 14.1. The SMILES string of the molecule is C#Cc1ccc(/C=C2\c3cccc(O)c3C(=O)C3=C(O)[C@@]4(O)C(=O)C(C(C)=O)=C(O)C(C(C)C)[C@@]4(C)[C@H](O)[C@]32C)cc1. The summed E-state index contributed by atoms with van der Waals surface area (Å²) in [7, 11) is 0. The number of hydrogen-bond acceptors (Lipinski definition) is 8. The molecule has 42 heavy (non-hydrogen) atoms. The predicted octanol–water partition coefficient (Wildman–Crippen LogP) is 4.30. The highest BCUT2D eigenvalue weighted by molar-refractivity contribution is 6.26. The molecule has 0 amide bonds. The Balaban J connectivity index is 1.95. The maximum absolute atomic E-state index is 14.1. The van der Waals surface area contributed by atoms with Gasteiger partial charge in [-0.15, -0.1) is 6.42 Å². The van der Waals surface area contributed by atoms with Crippen LogP contribution in [0.5, 0.6) is 5.75 Å². The van der Waals surface area contributed by atoms with Crippen LogP contribution in [0.15, 0.2) is 65.1 Å². The Morgan fingerprint density at radius 2 is 1.67 bits per heavy atom. The Kier molecular flexibility index (Phi) is 6.42. The van der Waals surface area contributed by atoms with Gasteiger partial charge in [0.2, 0.25) is 5.78 Å². The van der Waals surface area contributed by atoms with Gasteiger partial charge < -0.3 is 25.5 Å². The lowest BCUT2D eigenvalue weighted by atomic mass is 9.42. The minimum atomic E-state index is -2.96. The standard InChI is InChI=1S/C34H32O8/c1-7-18-11-13-19(14-12-18)15-21-20-9-8-10-22(36)24(20)28(38)26-30(40)34(42)29(39)23(17(4)35)27(37)25(16(2)3)33(34,6)31(41)32(21,26)5/h1,8-16,25,31,36-37,40-42H,2-6H3/b21-15+/t25?,31-,32+,33+,34+/m1/s1. The van der Waals surface area contributed by atoms with Crippen molar-refractivity contribution in [2.45, 2.75) is 46.3 Å². The van der Waals surface area contributed by atoms with Gasteiger partial charge in [0.1, 0.15) is 22.8 Å². The van der Waals surface area contributed by atoms with E-state index in [1.54, 1.807) is 50.3 Å². The van der Waals surface area contributed by atoms with Crippen LogP contribution in [-0.2, 0) is 9.59 Å². The van der Waals surface area contributed by atoms with Crippen molar-refractivity contribution in [1.82, 2.24) is 0 Å². The van der Waals surface area contributed by atoms with Gasteiger partial charge >= 0.3 is 0 Å². The summed E-state index contributed by atoms with van der Waals surface area (Å²) >= 11 is 0. The van der Waals surface area contributed by atoms with Crippen molar-refractivity contribution < 1.29 is 39.9 Å². The smallest absolute Gasteiger partial charge is 0.209 e. The first-order valence-electron chi connectivity index (χ1n) is 13.6. The fraction of sp³-hybridized carbons (Fsp3) is 0.324. The highest BCUT2D eigenvalue weighted by atomic mass is 16.4. The fourth-order valence-electron chi connectivity index (χ4n) is 7.55. The third-order valence-electron chi connectivity index (χ3n) is 9.50. The molecule has 0 bridgehead atoms. The van der Waals surface area contributed by atoms with Gasteiger partial charge in [-0.2, -0.15) is 0 Å². The number of carbonyl (C=O) groups is 3. The van der Waals surface area contributed by atoms with Crippen LogP contribution in [-0.4, -0.2) is 54.6 Å². The summed E-state index contributed by atoms with van der Waals surface area (Å²) in [5.41, 5.74) is -6.29. The summed E-state index contributed by atoms with van der Waals surface area (Å²) < 4.78 is 0. The molecule has 3 aliphatic rings. The Bertz CT molecular complexity index is 1720. The number of allylic oxidation sites excluding steroid dienone is 1. The monoisotopic (exact) mass is 568 g/mol. The van der Waals surface area contributed by atoms with Crippen molar-refractivity contribution in [1.29, 1.82) is 0 Å². The molecule has 0 fully saturated rings. The molecule has 3 aliphatic carbocycles. The molecule has 1 unspecified atom stereocenters. The van der Waals surface area contributed by atoms with E-state index in [2.05, 4.69) is 5.92 Å². The summed E-state index contributed by atoms with van der Waals surface area (Å²) in [6, 6.07) is 11.3. The number of phenols is 1. The molecule has 0 radical (unpaired) electrons. The van der Waals surface area contributed by atoms with Crippen LogP contribution in [0, 0.1) is 35.0 Å². The van der Waals surface area contributed by atoms with E-state index < -0.39 is 80.1 Å². The second-order valence-corrected chi connectivity index (χ2v) is 12.0. The van der Waals surface area contributed by atoms with Crippen molar-refractivity contribution in [2.24, 2.45) is 22.7 Å². The number of benzene rings is 2. The molecule has 0 saturated carbocycles. The van der Waals surface area contributed by atoms with Crippen molar-refractivity contribution in [2.75, 3.05) is 0 Å². The molecule has 0 aliphatic heterocycles. The summed E-state index contributed by atoms with van der Waals surface area (Å²) in [6.07, 6.45) is 5.41. The van der Waals surface area contributed by atoms with Gasteiger partial charge in [0.25, 0.3) is 0 Å². The molecule has 2 aromatic rings. The number of Topliss-reactive ketones (excluding diaryl/α,β-unsaturated/α-hetero) is 3. The fourth-order valence-corrected chi connectivity index (χ4v) is 7.55. The van der Waals surface area contributed by atoms with E-state index >= 15 is 0 Å². The Labute approximate surface area is 243 Å². The summed E-state index contributed by atoms with van der Waals surface area (Å²) in [5.74, 6) is -4.28. The second-order valence-electron chi connectivity index (χ2n) is 12.0. The Morgan fingerprint density at radius 3 is 2.21 bits per heavy atom. The lowest BCUT2D eigenvalue weighted by molar-refractivity contribution is -0.202. The highest BCUT2D eigenvalue weighted by Gasteiger charge is 2.75. The maximum Gasteiger partial charge on any atom is 0.209 e. The van der Waals surface area contributed by atoms with E-state index in [9.17, 15) is 39.9 Å². The van der Waals surface area contributed by atoms with Gasteiger partial charge in [-0.3, -0.25) is 14.4 Å². The van der Waals surface area contributed by atoms with Crippen LogP contribution in [0.1, 0.15) is 61.7 Å². The van der Waals surface area contributed by atoms with Crippen LogP contribution < -0.4 is 0 Å². The van der Waals surface area contributed by atoms with Crippen LogP contribution in [0.2, 0.25) is 0 Å². The number of carbonyl (C=O) groups excluding carboxylic acids is 3. The first-order chi connectivity index (χ1) is 19.6. The van der Waals surface area contributed by atoms with Gasteiger partial charge in [-0.25, -0.2) is 0 Å². The Morgan fingerprint density at radius 1 is 1.05 bits per heavy atom. The van der Waals surface area contributed by atoms with Crippen molar-refractivity contribution in [3.05, 3.63) is 87.4 Å². The van der Waals surface area contributed by atoms with Crippen molar-refractivity contribution in [3.8, 4) is 18.1 Å². The molecule has 5 N–H and O–H groups in total. The number of phenolic OH excluding ortho intramolecular Hbond substituents is 1.